The molecule has 0 aliphatic heterocycles. The van der Waals surface area contributed by atoms with Crippen LogP contribution in [0.25, 0.3) is 0 Å². The quantitative estimate of drug-likeness (QED) is 0.664. The number of nitro groups is 1. The van der Waals surface area contributed by atoms with Crippen LogP contribution in [0, 0.1) is 10.1 Å². The minimum Gasteiger partial charge on any atom is -0.406 e. The van der Waals surface area contributed by atoms with Gasteiger partial charge in [-0.1, -0.05) is 23.5 Å². The second-order valence-corrected chi connectivity index (χ2v) is 4.96. The Hall–Kier alpha value is -1.84. The maximum Gasteiger partial charge on any atom is 0.573 e. The predicted molar refractivity (Wildman–Crippen MR) is 77.4 cm³/mol. The molecular formula is C12H10ClF3N2O3S. The van der Waals surface area contributed by atoms with E-state index in [0.29, 0.717) is 11.1 Å². The Balaban J connectivity index is 0.00000242. The molecule has 22 heavy (non-hydrogen) atoms. The van der Waals surface area contributed by atoms with Crippen LogP contribution < -0.4 is 10.5 Å². The molecule has 1 aromatic heterocycles. The minimum absolute atomic E-state index is 0. The van der Waals surface area contributed by atoms with Crippen molar-refractivity contribution in [3.63, 3.8) is 0 Å². The molecule has 1 atom stereocenters. The SMILES string of the molecule is Cl.N[C@@H](c1ccc(OC(F)(F)F)cc1)c1csc([N+](=O)[O-])c1. The summed E-state index contributed by atoms with van der Waals surface area (Å²) in [4.78, 5) is 10.1. The van der Waals surface area contributed by atoms with E-state index in [0.717, 1.165) is 23.5 Å². The molecule has 1 aromatic carbocycles. The second kappa shape index (κ2) is 6.95. The fourth-order valence-electron chi connectivity index (χ4n) is 1.67. The smallest absolute Gasteiger partial charge is 0.406 e. The van der Waals surface area contributed by atoms with Crippen LogP contribution in [0.4, 0.5) is 18.2 Å². The Morgan fingerprint density at radius 3 is 2.27 bits per heavy atom. The highest BCUT2D eigenvalue weighted by Gasteiger charge is 2.31. The van der Waals surface area contributed by atoms with E-state index in [1.165, 1.54) is 18.2 Å². The summed E-state index contributed by atoms with van der Waals surface area (Å²) in [5, 5.41) is 12.1. The molecule has 0 saturated heterocycles. The summed E-state index contributed by atoms with van der Waals surface area (Å²) < 4.78 is 39.9. The van der Waals surface area contributed by atoms with Crippen molar-refractivity contribution >= 4 is 28.7 Å². The number of ether oxygens (including phenoxy) is 1. The van der Waals surface area contributed by atoms with Crippen molar-refractivity contribution in [2.75, 3.05) is 0 Å². The van der Waals surface area contributed by atoms with Gasteiger partial charge in [0.2, 0.25) is 0 Å². The Kier molecular flexibility index (Phi) is 5.75. The third-order valence-electron chi connectivity index (χ3n) is 2.62. The standard InChI is InChI=1S/C12H9F3N2O3S.ClH/c13-12(14,15)20-9-3-1-7(2-4-9)11(16)8-5-10(17(18)19)21-6-8;/h1-6,11H,16H2;1H/t11-;/m0./s1. The largest absolute Gasteiger partial charge is 0.573 e. The first kappa shape index (κ1) is 18.2. The number of nitrogens with two attached hydrogens (primary N) is 1. The number of hydrogen-bond donors (Lipinski definition) is 1. The lowest BCUT2D eigenvalue weighted by molar-refractivity contribution is -0.380. The highest BCUT2D eigenvalue weighted by atomic mass is 35.5. The molecule has 120 valence electrons. The van der Waals surface area contributed by atoms with Gasteiger partial charge in [-0.25, -0.2) is 0 Å². The first-order valence-electron chi connectivity index (χ1n) is 5.60. The summed E-state index contributed by atoms with van der Waals surface area (Å²) in [6.07, 6.45) is -4.75. The monoisotopic (exact) mass is 354 g/mol. The maximum absolute atomic E-state index is 12.0. The molecule has 5 nitrogen and oxygen atoms in total. The predicted octanol–water partition coefficient (Wildman–Crippen LogP) is 4.02. The molecule has 0 amide bonds. The lowest BCUT2D eigenvalue weighted by atomic mass is 10.0. The highest BCUT2D eigenvalue weighted by molar-refractivity contribution is 7.13. The zero-order valence-electron chi connectivity index (χ0n) is 10.7. The molecule has 2 aromatic rings. The summed E-state index contributed by atoms with van der Waals surface area (Å²) in [7, 11) is 0. The summed E-state index contributed by atoms with van der Waals surface area (Å²) in [6.45, 7) is 0. The third-order valence-corrected chi connectivity index (χ3v) is 3.52. The van der Waals surface area contributed by atoms with Crippen molar-refractivity contribution in [3.05, 3.63) is 57.0 Å². The van der Waals surface area contributed by atoms with E-state index in [2.05, 4.69) is 4.74 Å². The molecule has 2 rings (SSSR count). The third kappa shape index (κ3) is 4.58. The lowest BCUT2D eigenvalue weighted by Crippen LogP contribution is -2.17. The zero-order chi connectivity index (χ0) is 15.6. The van der Waals surface area contributed by atoms with Crippen molar-refractivity contribution in [3.8, 4) is 5.75 Å². The number of nitrogens with zero attached hydrogens (tertiary/aromatic N) is 1. The molecule has 0 spiro atoms. The Bertz CT molecular complexity index is 646. The second-order valence-electron chi connectivity index (χ2n) is 4.07. The van der Waals surface area contributed by atoms with Crippen LogP contribution in [0.3, 0.4) is 0 Å². The zero-order valence-corrected chi connectivity index (χ0v) is 12.4. The molecule has 0 unspecified atom stereocenters. The van der Waals surface area contributed by atoms with Crippen molar-refractivity contribution in [2.45, 2.75) is 12.4 Å². The van der Waals surface area contributed by atoms with Crippen LogP contribution in [0.5, 0.6) is 5.75 Å². The van der Waals surface area contributed by atoms with Gasteiger partial charge in [0.25, 0.3) is 0 Å². The molecular weight excluding hydrogens is 345 g/mol. The van der Waals surface area contributed by atoms with Crippen LogP contribution in [-0.4, -0.2) is 11.3 Å². The van der Waals surface area contributed by atoms with E-state index in [1.54, 1.807) is 5.38 Å². The Morgan fingerprint density at radius 2 is 1.82 bits per heavy atom. The summed E-state index contributed by atoms with van der Waals surface area (Å²) >= 11 is 0.939. The van der Waals surface area contributed by atoms with E-state index in [9.17, 15) is 23.3 Å². The van der Waals surface area contributed by atoms with Crippen molar-refractivity contribution in [1.29, 1.82) is 0 Å². The van der Waals surface area contributed by atoms with Gasteiger partial charge in [0.15, 0.2) is 0 Å². The van der Waals surface area contributed by atoms with Crippen LogP contribution in [0.15, 0.2) is 35.7 Å². The number of halogens is 4. The van der Waals surface area contributed by atoms with Gasteiger partial charge in [0, 0.05) is 11.4 Å². The molecule has 2 N–H and O–H groups in total. The van der Waals surface area contributed by atoms with Crippen LogP contribution in [0.1, 0.15) is 17.2 Å². The summed E-state index contributed by atoms with van der Waals surface area (Å²) in [5.41, 5.74) is 6.98. The minimum atomic E-state index is -4.75. The molecule has 10 heteroatoms. The van der Waals surface area contributed by atoms with Crippen LogP contribution in [0.2, 0.25) is 0 Å². The van der Waals surface area contributed by atoms with E-state index in [1.807, 2.05) is 0 Å². The van der Waals surface area contributed by atoms with Gasteiger partial charge >= 0.3 is 11.4 Å². The number of benzene rings is 1. The van der Waals surface area contributed by atoms with Gasteiger partial charge in [0.1, 0.15) is 5.75 Å². The first-order chi connectivity index (χ1) is 9.76. The summed E-state index contributed by atoms with van der Waals surface area (Å²) in [6, 6.07) is 5.74. The van der Waals surface area contributed by atoms with Crippen LogP contribution in [-0.2, 0) is 0 Å². The van der Waals surface area contributed by atoms with E-state index in [-0.39, 0.29) is 23.2 Å². The van der Waals surface area contributed by atoms with Gasteiger partial charge in [-0.3, -0.25) is 10.1 Å². The van der Waals surface area contributed by atoms with E-state index < -0.39 is 17.3 Å². The summed E-state index contributed by atoms with van der Waals surface area (Å²) in [5.74, 6) is -0.352. The molecule has 0 aliphatic rings. The fraction of sp³-hybridized carbons (Fsp3) is 0.167. The molecule has 0 aliphatic carbocycles. The van der Waals surface area contributed by atoms with Crippen molar-refractivity contribution in [1.82, 2.24) is 0 Å². The van der Waals surface area contributed by atoms with Gasteiger partial charge < -0.3 is 10.5 Å². The van der Waals surface area contributed by atoms with Gasteiger partial charge in [-0.15, -0.1) is 25.6 Å². The average Bonchev–Trinajstić information content (AvgIpc) is 2.86. The van der Waals surface area contributed by atoms with Crippen molar-refractivity contribution < 1.29 is 22.8 Å². The van der Waals surface area contributed by atoms with Gasteiger partial charge in [-0.05, 0) is 23.3 Å². The Labute approximate surface area is 133 Å². The number of alkyl halides is 3. The number of hydrogen-bond acceptors (Lipinski definition) is 5. The van der Waals surface area contributed by atoms with Gasteiger partial charge in [-0.2, -0.15) is 0 Å². The van der Waals surface area contributed by atoms with Crippen molar-refractivity contribution in [2.24, 2.45) is 5.73 Å². The van der Waals surface area contributed by atoms with E-state index >= 15 is 0 Å². The number of thiophene rings is 1. The first-order valence-corrected chi connectivity index (χ1v) is 6.48. The normalized spacial score (nSPS) is 12.4. The topological polar surface area (TPSA) is 78.4 Å². The Morgan fingerprint density at radius 1 is 1.23 bits per heavy atom. The molecule has 0 saturated carbocycles. The number of rotatable bonds is 4. The highest BCUT2D eigenvalue weighted by Crippen LogP contribution is 2.30. The maximum atomic E-state index is 12.0. The molecule has 1 heterocycles. The molecule has 0 bridgehead atoms. The molecule has 0 fully saturated rings. The fourth-order valence-corrected chi connectivity index (χ4v) is 2.43. The lowest BCUT2D eigenvalue weighted by Gasteiger charge is -2.12. The van der Waals surface area contributed by atoms with Crippen LogP contribution >= 0.6 is 23.7 Å². The average molecular weight is 355 g/mol. The molecule has 0 radical (unpaired) electrons. The van der Waals surface area contributed by atoms with Gasteiger partial charge in [0.05, 0.1) is 11.0 Å². The van der Waals surface area contributed by atoms with E-state index in [4.69, 9.17) is 5.73 Å².